The van der Waals surface area contributed by atoms with Crippen LogP contribution in [0.4, 0.5) is 22.7 Å². The number of nitrogens with one attached hydrogen (secondary N) is 2. The summed E-state index contributed by atoms with van der Waals surface area (Å²) in [6.45, 7) is 5.90. The van der Waals surface area contributed by atoms with Gasteiger partial charge in [0.05, 0.1) is 44.9 Å². The van der Waals surface area contributed by atoms with Crippen LogP contribution in [-0.4, -0.2) is 76.0 Å². The Morgan fingerprint density at radius 3 is 0.883 bits per heavy atom. The summed E-state index contributed by atoms with van der Waals surface area (Å²) in [6.07, 6.45) is 44.7. The van der Waals surface area contributed by atoms with Gasteiger partial charge in [0.15, 0.2) is 0 Å². The van der Waals surface area contributed by atoms with Crippen LogP contribution < -0.4 is 20.4 Å². The molecule has 2 N–H and O–H groups in total. The van der Waals surface area contributed by atoms with Crippen molar-refractivity contribution >= 4 is 80.7 Å². The molecule has 0 fully saturated rings. The molecular formula is C64H98CaN4O6S2. The average Bonchev–Trinajstić information content (AvgIpc) is 3.96. The number of nitrogens with zero attached hydrogens (tertiary/aromatic N) is 2. The van der Waals surface area contributed by atoms with E-state index in [9.17, 15) is 25.9 Å². The second-order valence-corrected chi connectivity index (χ2v) is 24.6. The van der Waals surface area contributed by atoms with Crippen molar-refractivity contribution in [2.45, 2.75) is 267 Å². The Labute approximate surface area is 498 Å². The van der Waals surface area contributed by atoms with Gasteiger partial charge in [-0.3, -0.25) is 0 Å². The second kappa shape index (κ2) is 38.7. The van der Waals surface area contributed by atoms with Gasteiger partial charge >= 0.3 is 37.7 Å². The summed E-state index contributed by atoms with van der Waals surface area (Å²) in [6, 6.07) is 30.4. The van der Waals surface area contributed by atoms with Gasteiger partial charge in [-0.25, -0.2) is 16.8 Å². The van der Waals surface area contributed by atoms with E-state index in [0.29, 0.717) is 24.5 Å². The van der Waals surface area contributed by atoms with E-state index >= 15 is 0 Å². The summed E-state index contributed by atoms with van der Waals surface area (Å²) < 4.78 is 71.2. The Morgan fingerprint density at radius 2 is 0.623 bits per heavy atom. The molecular weight excluding hydrogens is 1020 g/mol. The molecule has 0 bridgehead atoms. The Kier molecular flexibility index (Phi) is 33.5. The number of anilines is 4. The molecule has 0 radical (unpaired) electrons. The van der Waals surface area contributed by atoms with Crippen LogP contribution in [-0.2, 0) is 33.3 Å². The summed E-state index contributed by atoms with van der Waals surface area (Å²) >= 11 is 0. The Balaban J connectivity index is 0.000000328. The fraction of sp³-hybridized carbons (Fsp3) is 0.625. The van der Waals surface area contributed by atoms with Crippen LogP contribution in [0.3, 0.4) is 0 Å². The van der Waals surface area contributed by atoms with Crippen molar-refractivity contribution in [1.29, 1.82) is 0 Å². The molecule has 2 unspecified atom stereocenters. The minimum Gasteiger partial charge on any atom is -0.744 e. The van der Waals surface area contributed by atoms with Gasteiger partial charge in [-0.15, -0.1) is 0 Å². The van der Waals surface area contributed by atoms with E-state index in [-0.39, 0.29) is 59.9 Å². The first-order chi connectivity index (χ1) is 37.0. The monoisotopic (exact) mass is 1120 g/mol. The Morgan fingerprint density at radius 1 is 0.364 bits per heavy atom. The zero-order valence-electron chi connectivity index (χ0n) is 47.7. The number of benzene rings is 4. The molecule has 0 aromatic heterocycles. The second-order valence-electron chi connectivity index (χ2n) is 21.9. The van der Waals surface area contributed by atoms with Gasteiger partial charge in [-0.2, -0.15) is 0 Å². The van der Waals surface area contributed by atoms with Crippen molar-refractivity contribution in [3.63, 3.8) is 0 Å². The van der Waals surface area contributed by atoms with Crippen LogP contribution in [0, 0.1) is 0 Å². The predicted octanol–water partition coefficient (Wildman–Crippen LogP) is 17.6. The first-order valence-corrected chi connectivity index (χ1v) is 33.1. The molecule has 2 heterocycles. The molecule has 6 rings (SSSR count). The number of fused-ring (bicyclic) bond motifs is 2. The van der Waals surface area contributed by atoms with Gasteiger partial charge in [-0.1, -0.05) is 279 Å². The molecule has 2 aliphatic heterocycles. The van der Waals surface area contributed by atoms with Crippen LogP contribution in [0.1, 0.15) is 243 Å². The zero-order chi connectivity index (χ0) is 54.1. The van der Waals surface area contributed by atoms with Gasteiger partial charge in [0.2, 0.25) is 0 Å². The van der Waals surface area contributed by atoms with Gasteiger partial charge < -0.3 is 29.5 Å². The Bertz CT molecular complexity index is 2230. The molecule has 10 nitrogen and oxygen atoms in total. The zero-order valence-corrected chi connectivity index (χ0v) is 51.6. The van der Waals surface area contributed by atoms with Crippen LogP contribution in [0.5, 0.6) is 0 Å². The predicted molar refractivity (Wildman–Crippen MR) is 323 cm³/mol. The summed E-state index contributed by atoms with van der Waals surface area (Å²) in [5, 5.41) is 6.76. The van der Waals surface area contributed by atoms with Gasteiger partial charge in [-0.05, 0) is 61.1 Å². The molecule has 0 amide bonds. The molecule has 0 aliphatic carbocycles. The molecule has 0 saturated heterocycles. The molecule has 0 saturated carbocycles. The van der Waals surface area contributed by atoms with Crippen molar-refractivity contribution in [3.05, 3.63) is 108 Å². The number of hydrogen-bond acceptors (Lipinski definition) is 10. The van der Waals surface area contributed by atoms with Crippen molar-refractivity contribution in [3.8, 4) is 0 Å². The van der Waals surface area contributed by atoms with Crippen molar-refractivity contribution < 1.29 is 25.9 Å². The molecule has 424 valence electrons. The third-order valence-corrected chi connectivity index (χ3v) is 17.4. The average molecular weight is 1120 g/mol. The normalized spacial score (nSPS) is 14.8. The first kappa shape index (κ1) is 66.7. The summed E-state index contributed by atoms with van der Waals surface area (Å²) in [7, 11) is -9.08. The van der Waals surface area contributed by atoms with Crippen molar-refractivity contribution in [2.24, 2.45) is 0 Å². The summed E-state index contributed by atoms with van der Waals surface area (Å²) in [5.74, 6) is 0. The van der Waals surface area contributed by atoms with Crippen molar-refractivity contribution in [1.82, 2.24) is 0 Å². The van der Waals surface area contributed by atoms with E-state index in [0.717, 1.165) is 48.2 Å². The van der Waals surface area contributed by atoms with Gasteiger partial charge in [0.25, 0.3) is 0 Å². The van der Waals surface area contributed by atoms with Gasteiger partial charge in [0, 0.05) is 13.1 Å². The molecule has 4 aromatic rings. The fourth-order valence-electron chi connectivity index (χ4n) is 11.2. The summed E-state index contributed by atoms with van der Waals surface area (Å²) in [5.41, 5.74) is 4.84. The molecule has 13 heteroatoms. The van der Waals surface area contributed by atoms with E-state index < -0.39 is 20.2 Å². The quantitative estimate of drug-likeness (QED) is 0.0251. The maximum Gasteiger partial charge on any atom is 2.00 e. The molecule has 2 aliphatic rings. The molecule has 77 heavy (non-hydrogen) atoms. The standard InChI is InChI=1S/2C32H50N2O3S.Ca/c2*1-2-3-4-5-6-7-8-9-10-11-12-13-14-15-16-20-26-31-33-32-29(24-21-25-30(32)38(35,36)37)34(31)27-28-22-18-17-19-23-28;/h2*17-19,21-25,31,33H,2-16,20,26-27H2,1H3,(H,35,36,37);/q;;+2/p-2. The maximum absolute atomic E-state index is 11.9. The molecule has 4 aromatic carbocycles. The third kappa shape index (κ3) is 25.2. The van der Waals surface area contributed by atoms with Gasteiger partial charge in [0.1, 0.15) is 20.2 Å². The topological polar surface area (TPSA) is 145 Å². The van der Waals surface area contributed by atoms with Crippen LogP contribution in [0.2, 0.25) is 0 Å². The van der Waals surface area contributed by atoms with E-state index in [2.05, 4.69) is 58.5 Å². The minimum absolute atomic E-state index is 0. The van der Waals surface area contributed by atoms with Crippen LogP contribution >= 0.6 is 0 Å². The van der Waals surface area contributed by atoms with E-state index in [1.54, 1.807) is 12.1 Å². The smallest absolute Gasteiger partial charge is 0.744 e. The number of rotatable bonds is 40. The number of para-hydroxylation sites is 2. The van der Waals surface area contributed by atoms with Crippen molar-refractivity contribution in [2.75, 3.05) is 20.4 Å². The Hall–Kier alpha value is -2.84. The minimum atomic E-state index is -4.54. The van der Waals surface area contributed by atoms with E-state index in [4.69, 9.17) is 0 Å². The first-order valence-electron chi connectivity index (χ1n) is 30.3. The van der Waals surface area contributed by atoms with E-state index in [1.807, 2.05) is 48.5 Å². The number of unbranched alkanes of at least 4 members (excludes halogenated alkanes) is 30. The number of hydrogen-bond donors (Lipinski definition) is 2. The molecule has 2 atom stereocenters. The maximum atomic E-state index is 11.9. The van der Waals surface area contributed by atoms with Crippen LogP contribution in [0.15, 0.2) is 107 Å². The SMILES string of the molecule is CCCCCCCCCCCCCCCCCCC1Nc2c(cccc2S(=O)(=O)[O-])N1Cc1ccccc1.CCCCCCCCCCCCCCCCCCC1Nc2c(cccc2S(=O)(=O)[O-])N1Cc1ccccc1.[Ca+2]. The van der Waals surface area contributed by atoms with E-state index in [1.165, 1.54) is 205 Å². The third-order valence-electron chi connectivity index (χ3n) is 15.6. The largest absolute Gasteiger partial charge is 2.00 e. The summed E-state index contributed by atoms with van der Waals surface area (Å²) in [4.78, 5) is 4.12. The fourth-order valence-corrected chi connectivity index (χ4v) is 12.5. The van der Waals surface area contributed by atoms with Crippen LogP contribution in [0.25, 0.3) is 0 Å². The molecule has 0 spiro atoms.